The van der Waals surface area contributed by atoms with E-state index in [2.05, 4.69) is 43.9 Å². The van der Waals surface area contributed by atoms with Crippen LogP contribution in [0.4, 0.5) is 0 Å². The van der Waals surface area contributed by atoms with E-state index in [0.717, 1.165) is 23.6 Å². The number of carbonyl (C=O) groups is 1. The van der Waals surface area contributed by atoms with Crippen LogP contribution in [0.2, 0.25) is 0 Å². The Balaban J connectivity index is 1.42. The van der Waals surface area contributed by atoms with Gasteiger partial charge in [-0.25, -0.2) is 0 Å². The summed E-state index contributed by atoms with van der Waals surface area (Å²) in [7, 11) is 1.56. The maximum atomic E-state index is 12.7. The largest absolute Gasteiger partial charge is 0.493 e. The molecule has 38 heavy (non-hydrogen) atoms. The van der Waals surface area contributed by atoms with Crippen LogP contribution >= 0.6 is 11.8 Å². The van der Waals surface area contributed by atoms with Crippen LogP contribution in [0.1, 0.15) is 57.6 Å². The Labute approximate surface area is 228 Å². The number of methoxy groups -OCH3 is 1. The number of rotatable bonds is 11. The highest BCUT2D eigenvalue weighted by atomic mass is 32.2. The molecule has 2 aliphatic rings. The van der Waals surface area contributed by atoms with Gasteiger partial charge in [-0.3, -0.25) is 10.2 Å². The third-order valence-corrected chi connectivity index (χ3v) is 7.17. The molecule has 2 aromatic rings. The van der Waals surface area contributed by atoms with E-state index in [1.165, 1.54) is 22.3 Å². The van der Waals surface area contributed by atoms with Crippen molar-refractivity contribution < 1.29 is 19.0 Å². The van der Waals surface area contributed by atoms with Gasteiger partial charge >= 0.3 is 0 Å². The fourth-order valence-corrected chi connectivity index (χ4v) is 5.16. The zero-order valence-electron chi connectivity index (χ0n) is 22.5. The molecule has 0 saturated carbocycles. The minimum absolute atomic E-state index is 0.0142. The Bertz CT molecular complexity index is 1300. The number of amides is 1. The predicted molar refractivity (Wildman–Crippen MR) is 154 cm³/mol. The first kappa shape index (κ1) is 27.4. The molecule has 0 aliphatic carbocycles. The molecule has 0 radical (unpaired) electrons. The molecule has 200 valence electrons. The molecule has 0 aromatic heterocycles. The van der Waals surface area contributed by atoms with Gasteiger partial charge in [-0.15, -0.1) is 0 Å². The average Bonchev–Trinajstić information content (AvgIpc) is 3.30. The summed E-state index contributed by atoms with van der Waals surface area (Å²) in [4.78, 5) is 16.9. The van der Waals surface area contributed by atoms with Crippen molar-refractivity contribution in [2.24, 2.45) is 16.0 Å². The summed E-state index contributed by atoms with van der Waals surface area (Å²) in [5.74, 6) is 2.36. The second-order valence-electron chi connectivity index (χ2n) is 9.57. The molecule has 0 saturated heterocycles. The molecule has 1 amide bonds. The Morgan fingerprint density at radius 2 is 1.79 bits per heavy atom. The molecule has 0 spiro atoms. The Morgan fingerprint density at radius 1 is 1.05 bits per heavy atom. The van der Waals surface area contributed by atoms with Crippen molar-refractivity contribution in [2.75, 3.05) is 20.3 Å². The SMILES string of the molecule is CCC(C)c1ccccc1OCCOc1ccc(/C=C2\C(=N)N3N=C(CC(C)C)SC3=NC2=O)cc1OC. The summed E-state index contributed by atoms with van der Waals surface area (Å²) in [6.07, 6.45) is 3.44. The molecule has 1 atom stereocenters. The smallest absolute Gasteiger partial charge is 0.283 e. The molecule has 0 fully saturated rings. The second kappa shape index (κ2) is 12.3. The van der Waals surface area contributed by atoms with Crippen LogP contribution in [0.5, 0.6) is 17.2 Å². The standard InChI is InChI=1S/C29H34N4O4S/c1-6-19(4)21-9-7-8-10-23(21)36-13-14-37-24-12-11-20(17-25(24)35-5)16-22-27(30)33-29(31-28(22)34)38-26(32-33)15-18(2)3/h7-12,16-19,30H,6,13-15H2,1-5H3/b22-16+,30-27?. The van der Waals surface area contributed by atoms with Crippen LogP contribution in [-0.4, -0.2) is 47.3 Å². The van der Waals surface area contributed by atoms with Gasteiger partial charge in [-0.1, -0.05) is 52.0 Å². The van der Waals surface area contributed by atoms with Crippen LogP contribution in [0.15, 0.2) is 58.1 Å². The molecule has 1 N–H and O–H groups in total. The zero-order valence-corrected chi connectivity index (χ0v) is 23.3. The van der Waals surface area contributed by atoms with Crippen LogP contribution in [0, 0.1) is 11.3 Å². The predicted octanol–water partition coefficient (Wildman–Crippen LogP) is 6.33. The van der Waals surface area contributed by atoms with E-state index in [9.17, 15) is 4.79 Å². The first-order valence-electron chi connectivity index (χ1n) is 12.8. The maximum absolute atomic E-state index is 12.7. The summed E-state index contributed by atoms with van der Waals surface area (Å²) in [5, 5.41) is 15.8. The topological polar surface area (TPSA) is 96.6 Å². The number of hydrogen-bond donors (Lipinski definition) is 1. The van der Waals surface area contributed by atoms with Crippen molar-refractivity contribution in [1.29, 1.82) is 5.41 Å². The van der Waals surface area contributed by atoms with Crippen LogP contribution in [0.3, 0.4) is 0 Å². The third-order valence-electron chi connectivity index (χ3n) is 6.24. The van der Waals surface area contributed by atoms with Gasteiger partial charge in [0.05, 0.1) is 12.7 Å². The highest BCUT2D eigenvalue weighted by Crippen LogP contribution is 2.33. The van der Waals surface area contributed by atoms with E-state index in [1.807, 2.05) is 24.3 Å². The van der Waals surface area contributed by atoms with Gasteiger partial charge in [0, 0.05) is 6.42 Å². The van der Waals surface area contributed by atoms with Gasteiger partial charge in [0.25, 0.3) is 5.91 Å². The van der Waals surface area contributed by atoms with E-state index in [1.54, 1.807) is 25.3 Å². The third kappa shape index (κ3) is 6.27. The van der Waals surface area contributed by atoms with Crippen LogP contribution in [0.25, 0.3) is 6.08 Å². The maximum Gasteiger partial charge on any atom is 0.283 e. The second-order valence-corrected chi connectivity index (χ2v) is 10.6. The summed E-state index contributed by atoms with van der Waals surface area (Å²) in [6.45, 7) is 9.29. The van der Waals surface area contributed by atoms with Crippen molar-refractivity contribution in [3.63, 3.8) is 0 Å². The van der Waals surface area contributed by atoms with Crippen molar-refractivity contribution >= 4 is 39.8 Å². The number of thioether (sulfide) groups is 1. The van der Waals surface area contributed by atoms with Gasteiger partial charge in [0.15, 0.2) is 17.3 Å². The quantitative estimate of drug-likeness (QED) is 0.267. The molecule has 4 rings (SSSR count). The fourth-order valence-electron chi connectivity index (χ4n) is 4.07. The van der Waals surface area contributed by atoms with E-state index in [4.69, 9.17) is 19.6 Å². The molecular formula is C29H34N4O4S. The molecule has 9 heteroatoms. The summed E-state index contributed by atoms with van der Waals surface area (Å²) < 4.78 is 17.5. The van der Waals surface area contributed by atoms with Crippen molar-refractivity contribution in [1.82, 2.24) is 5.01 Å². The number of fused-ring (bicyclic) bond motifs is 1. The highest BCUT2D eigenvalue weighted by molar-refractivity contribution is 8.26. The normalized spacial score (nSPS) is 16.9. The first-order chi connectivity index (χ1) is 18.3. The average molecular weight is 535 g/mol. The van der Waals surface area contributed by atoms with E-state index in [-0.39, 0.29) is 11.4 Å². The number of nitrogens with one attached hydrogen (secondary N) is 1. The van der Waals surface area contributed by atoms with Crippen molar-refractivity contribution in [2.45, 2.75) is 46.5 Å². The molecule has 1 unspecified atom stereocenters. The monoisotopic (exact) mass is 534 g/mol. The van der Waals surface area contributed by atoms with E-state index >= 15 is 0 Å². The van der Waals surface area contributed by atoms with Gasteiger partial charge in [-0.2, -0.15) is 15.1 Å². The summed E-state index contributed by atoms with van der Waals surface area (Å²) in [6, 6.07) is 13.5. The Hall–Kier alpha value is -3.59. The number of hydrogen-bond acceptors (Lipinski definition) is 7. The van der Waals surface area contributed by atoms with Crippen molar-refractivity contribution in [3.8, 4) is 17.2 Å². The van der Waals surface area contributed by atoms with E-state index in [0.29, 0.717) is 47.3 Å². The van der Waals surface area contributed by atoms with Gasteiger partial charge in [0.2, 0.25) is 5.17 Å². The summed E-state index contributed by atoms with van der Waals surface area (Å²) in [5.41, 5.74) is 2.06. The highest BCUT2D eigenvalue weighted by Gasteiger charge is 2.35. The minimum Gasteiger partial charge on any atom is -0.493 e. The number of hydrazone groups is 1. The number of para-hydroxylation sites is 1. The minimum atomic E-state index is -0.455. The molecule has 2 aromatic carbocycles. The lowest BCUT2D eigenvalue weighted by atomic mass is 9.98. The molecule has 2 aliphatic heterocycles. The van der Waals surface area contributed by atoms with Gasteiger partial charge < -0.3 is 14.2 Å². The van der Waals surface area contributed by atoms with Crippen molar-refractivity contribution in [3.05, 3.63) is 59.2 Å². The number of ether oxygens (including phenoxy) is 3. The van der Waals surface area contributed by atoms with Crippen LogP contribution in [-0.2, 0) is 4.79 Å². The number of aliphatic imine (C=N–C) groups is 1. The molecule has 2 heterocycles. The fraction of sp³-hybridized carbons (Fsp3) is 0.379. The van der Waals surface area contributed by atoms with E-state index < -0.39 is 5.91 Å². The molecule has 8 nitrogen and oxygen atoms in total. The number of benzene rings is 2. The Kier molecular flexibility index (Phi) is 8.89. The van der Waals surface area contributed by atoms with Crippen LogP contribution < -0.4 is 14.2 Å². The van der Waals surface area contributed by atoms with Gasteiger partial charge in [-0.05, 0) is 65.4 Å². The lowest BCUT2D eigenvalue weighted by Crippen LogP contribution is -2.35. The number of carbonyl (C=O) groups excluding carboxylic acids is 1. The van der Waals surface area contributed by atoms with Gasteiger partial charge in [0.1, 0.15) is 24.0 Å². The first-order valence-corrected chi connectivity index (χ1v) is 13.6. The summed E-state index contributed by atoms with van der Waals surface area (Å²) >= 11 is 1.35. The lowest BCUT2D eigenvalue weighted by Gasteiger charge is -2.20. The molecule has 0 bridgehead atoms. The lowest BCUT2D eigenvalue weighted by molar-refractivity contribution is -0.114. The number of amidine groups is 2. The Morgan fingerprint density at radius 3 is 2.50 bits per heavy atom. The molecular weight excluding hydrogens is 500 g/mol. The number of nitrogens with zero attached hydrogens (tertiary/aromatic N) is 3. The zero-order chi connectivity index (χ0) is 27.2.